The first-order valence-electron chi connectivity index (χ1n) is 6.68. The zero-order valence-electron chi connectivity index (χ0n) is 12.5. The first-order chi connectivity index (χ1) is 8.76. The van der Waals surface area contributed by atoms with Gasteiger partial charge in [0, 0.05) is 6.07 Å². The van der Waals surface area contributed by atoms with Crippen LogP contribution < -0.4 is 5.73 Å². The summed E-state index contributed by atoms with van der Waals surface area (Å²) in [6, 6.07) is 8.30. The number of aromatic nitrogens is 2. The Bertz CT molecular complexity index is 589. The summed E-state index contributed by atoms with van der Waals surface area (Å²) >= 11 is 0. The van der Waals surface area contributed by atoms with E-state index in [1.165, 1.54) is 11.1 Å². The molecule has 0 saturated heterocycles. The van der Waals surface area contributed by atoms with E-state index in [1.54, 1.807) is 0 Å². The quantitative estimate of drug-likeness (QED) is 0.892. The molecular formula is C16H23N3. The van der Waals surface area contributed by atoms with Crippen LogP contribution in [0, 0.1) is 19.3 Å². The number of nitrogen functional groups attached to an aromatic ring is 1. The lowest BCUT2D eigenvalue weighted by molar-refractivity contribution is 0.405. The lowest BCUT2D eigenvalue weighted by Crippen LogP contribution is -2.10. The van der Waals surface area contributed by atoms with E-state index in [-0.39, 0.29) is 5.41 Å². The molecule has 0 aliphatic rings. The molecule has 3 heteroatoms. The number of hydrogen-bond acceptors (Lipinski definition) is 2. The normalized spacial score (nSPS) is 11.8. The minimum absolute atomic E-state index is 0.216. The van der Waals surface area contributed by atoms with Crippen molar-refractivity contribution in [3.8, 4) is 5.69 Å². The number of nitrogens with two attached hydrogens (primary N) is 1. The fourth-order valence-corrected chi connectivity index (χ4v) is 2.31. The molecule has 2 aromatic rings. The van der Waals surface area contributed by atoms with Crippen molar-refractivity contribution in [2.24, 2.45) is 5.41 Å². The summed E-state index contributed by atoms with van der Waals surface area (Å²) < 4.78 is 1.84. The molecule has 19 heavy (non-hydrogen) atoms. The van der Waals surface area contributed by atoms with Crippen LogP contribution >= 0.6 is 0 Å². The van der Waals surface area contributed by atoms with Crippen LogP contribution in [0.15, 0.2) is 24.3 Å². The number of anilines is 1. The van der Waals surface area contributed by atoms with Gasteiger partial charge < -0.3 is 5.73 Å². The van der Waals surface area contributed by atoms with Crippen molar-refractivity contribution in [3.63, 3.8) is 0 Å². The number of nitrogens with zero attached hydrogens (tertiary/aromatic N) is 2. The van der Waals surface area contributed by atoms with E-state index in [0.717, 1.165) is 17.8 Å². The minimum atomic E-state index is 0.216. The minimum Gasteiger partial charge on any atom is -0.384 e. The van der Waals surface area contributed by atoms with Crippen LogP contribution in [0.4, 0.5) is 5.82 Å². The van der Waals surface area contributed by atoms with Crippen molar-refractivity contribution in [3.05, 3.63) is 41.1 Å². The summed E-state index contributed by atoms with van der Waals surface area (Å²) in [4.78, 5) is 0. The van der Waals surface area contributed by atoms with Crippen LogP contribution in [0.3, 0.4) is 0 Å². The molecule has 2 rings (SSSR count). The summed E-state index contributed by atoms with van der Waals surface area (Å²) in [6.07, 6.45) is 0.926. The number of benzene rings is 1. The van der Waals surface area contributed by atoms with Gasteiger partial charge in [-0.2, -0.15) is 5.10 Å². The Morgan fingerprint density at radius 1 is 1.16 bits per heavy atom. The van der Waals surface area contributed by atoms with Gasteiger partial charge in [0.05, 0.1) is 11.4 Å². The highest BCUT2D eigenvalue weighted by Crippen LogP contribution is 2.24. The van der Waals surface area contributed by atoms with Gasteiger partial charge in [0.15, 0.2) is 0 Å². The van der Waals surface area contributed by atoms with Crippen LogP contribution in [0.5, 0.6) is 0 Å². The zero-order valence-corrected chi connectivity index (χ0v) is 12.5. The Labute approximate surface area is 115 Å². The molecule has 0 radical (unpaired) electrons. The molecule has 1 aromatic carbocycles. The van der Waals surface area contributed by atoms with Gasteiger partial charge in [-0.25, -0.2) is 4.68 Å². The lowest BCUT2D eigenvalue weighted by atomic mass is 9.91. The van der Waals surface area contributed by atoms with E-state index >= 15 is 0 Å². The highest BCUT2D eigenvalue weighted by atomic mass is 15.3. The molecule has 0 unspecified atom stereocenters. The van der Waals surface area contributed by atoms with Crippen LogP contribution in [0.1, 0.15) is 37.6 Å². The number of aryl methyl sites for hydroxylation is 2. The Hall–Kier alpha value is -1.77. The lowest BCUT2D eigenvalue weighted by Gasteiger charge is -2.15. The fraction of sp³-hybridized carbons (Fsp3) is 0.438. The standard InChI is InChI=1S/C16H23N3/c1-11-6-7-14(12(2)8-11)19-15(17)9-13(18-19)10-16(3,4)5/h6-9H,10,17H2,1-5H3. The third-order valence-corrected chi connectivity index (χ3v) is 3.08. The first-order valence-corrected chi connectivity index (χ1v) is 6.68. The summed E-state index contributed by atoms with van der Waals surface area (Å²) in [5.41, 5.74) is 10.9. The van der Waals surface area contributed by atoms with Crippen molar-refractivity contribution in [2.75, 3.05) is 5.73 Å². The Morgan fingerprint density at radius 3 is 2.42 bits per heavy atom. The molecule has 3 nitrogen and oxygen atoms in total. The monoisotopic (exact) mass is 257 g/mol. The zero-order chi connectivity index (χ0) is 14.2. The second-order valence-corrected chi connectivity index (χ2v) is 6.50. The molecule has 102 valence electrons. The molecule has 0 bridgehead atoms. The van der Waals surface area contributed by atoms with Crippen LogP contribution in [-0.2, 0) is 6.42 Å². The average Bonchev–Trinajstić information content (AvgIpc) is 2.56. The molecule has 0 amide bonds. The topological polar surface area (TPSA) is 43.8 Å². The van der Waals surface area contributed by atoms with Gasteiger partial charge in [-0.3, -0.25) is 0 Å². The van der Waals surface area contributed by atoms with Crippen molar-refractivity contribution in [2.45, 2.75) is 41.0 Å². The van der Waals surface area contributed by atoms with E-state index in [4.69, 9.17) is 5.73 Å². The van der Waals surface area contributed by atoms with Gasteiger partial charge >= 0.3 is 0 Å². The van der Waals surface area contributed by atoms with E-state index in [9.17, 15) is 0 Å². The van der Waals surface area contributed by atoms with Gasteiger partial charge in [0.2, 0.25) is 0 Å². The SMILES string of the molecule is Cc1ccc(-n2nc(CC(C)(C)C)cc2N)c(C)c1. The summed E-state index contributed by atoms with van der Waals surface area (Å²) in [7, 11) is 0. The van der Waals surface area contributed by atoms with Crippen molar-refractivity contribution in [1.29, 1.82) is 0 Å². The van der Waals surface area contributed by atoms with E-state index in [1.807, 2.05) is 10.7 Å². The Morgan fingerprint density at radius 2 is 1.84 bits per heavy atom. The second-order valence-electron chi connectivity index (χ2n) is 6.50. The van der Waals surface area contributed by atoms with Crippen molar-refractivity contribution >= 4 is 5.82 Å². The molecular weight excluding hydrogens is 234 g/mol. The van der Waals surface area contributed by atoms with Crippen molar-refractivity contribution < 1.29 is 0 Å². The molecule has 0 spiro atoms. The van der Waals surface area contributed by atoms with E-state index in [2.05, 4.69) is 57.9 Å². The molecule has 1 heterocycles. The third kappa shape index (κ3) is 3.16. The molecule has 1 aromatic heterocycles. The molecule has 0 saturated carbocycles. The van der Waals surface area contributed by atoms with E-state index in [0.29, 0.717) is 5.82 Å². The maximum atomic E-state index is 6.10. The predicted molar refractivity (Wildman–Crippen MR) is 80.6 cm³/mol. The molecule has 0 aliphatic heterocycles. The average molecular weight is 257 g/mol. The number of rotatable bonds is 2. The smallest absolute Gasteiger partial charge is 0.127 e. The van der Waals surface area contributed by atoms with Gasteiger partial charge in [-0.05, 0) is 37.3 Å². The predicted octanol–water partition coefficient (Wildman–Crippen LogP) is 3.66. The Balaban J connectivity index is 2.40. The van der Waals surface area contributed by atoms with Gasteiger partial charge in [0.25, 0.3) is 0 Å². The highest BCUT2D eigenvalue weighted by Gasteiger charge is 2.16. The van der Waals surface area contributed by atoms with Gasteiger partial charge in [0.1, 0.15) is 5.82 Å². The van der Waals surface area contributed by atoms with Crippen LogP contribution in [0.2, 0.25) is 0 Å². The molecule has 0 fully saturated rings. The Kier molecular flexibility index (Phi) is 3.40. The first kappa shape index (κ1) is 13.7. The summed E-state index contributed by atoms with van der Waals surface area (Å²) in [6.45, 7) is 10.8. The maximum Gasteiger partial charge on any atom is 0.127 e. The maximum absolute atomic E-state index is 6.10. The second kappa shape index (κ2) is 4.72. The molecule has 2 N–H and O–H groups in total. The molecule has 0 atom stereocenters. The summed E-state index contributed by atoms with van der Waals surface area (Å²) in [5, 5.41) is 4.65. The highest BCUT2D eigenvalue weighted by molar-refractivity contribution is 5.48. The van der Waals surface area contributed by atoms with Crippen LogP contribution in [-0.4, -0.2) is 9.78 Å². The van der Waals surface area contributed by atoms with Crippen molar-refractivity contribution in [1.82, 2.24) is 9.78 Å². The third-order valence-electron chi connectivity index (χ3n) is 3.08. The summed E-state index contributed by atoms with van der Waals surface area (Å²) in [5.74, 6) is 0.700. The fourth-order valence-electron chi connectivity index (χ4n) is 2.31. The molecule has 0 aliphatic carbocycles. The van der Waals surface area contributed by atoms with Gasteiger partial charge in [-0.15, -0.1) is 0 Å². The largest absolute Gasteiger partial charge is 0.384 e. The number of hydrogen-bond donors (Lipinski definition) is 1. The van der Waals surface area contributed by atoms with Crippen LogP contribution in [0.25, 0.3) is 5.69 Å². The van der Waals surface area contributed by atoms with Gasteiger partial charge in [-0.1, -0.05) is 38.5 Å². The van der Waals surface area contributed by atoms with E-state index < -0.39 is 0 Å².